The van der Waals surface area contributed by atoms with Crippen molar-refractivity contribution in [2.45, 2.75) is 40.2 Å². The van der Waals surface area contributed by atoms with Gasteiger partial charge < -0.3 is 25.7 Å². The number of carbonyl (C=O) groups excluding carboxylic acids is 2. The first-order valence-corrected chi connectivity index (χ1v) is 15.7. The molecule has 228 valence electrons. The fourth-order valence-electron chi connectivity index (χ4n) is 5.28. The fraction of sp³-hybridized carbons (Fsp3) is 0.469. The zero-order valence-electron chi connectivity index (χ0n) is 25.3. The lowest BCUT2D eigenvalue weighted by molar-refractivity contribution is -0.134. The summed E-state index contributed by atoms with van der Waals surface area (Å²) in [7, 11) is 0. The number of rotatable bonds is 9. The van der Waals surface area contributed by atoms with E-state index >= 15 is 0 Å². The van der Waals surface area contributed by atoms with Crippen LogP contribution in [0.15, 0.2) is 36.4 Å². The Bertz CT molecular complexity index is 1510. The molecule has 2 aliphatic rings. The number of nitrogens with zero attached hydrogens (tertiary/aromatic N) is 5. The van der Waals surface area contributed by atoms with Crippen molar-refractivity contribution < 1.29 is 14.3 Å². The monoisotopic (exact) mass is 603 g/mol. The van der Waals surface area contributed by atoms with Crippen molar-refractivity contribution in [2.75, 3.05) is 63.1 Å². The number of carbonyl (C=O) groups is 2. The van der Waals surface area contributed by atoms with Crippen LogP contribution in [0.4, 0.5) is 11.5 Å². The molecule has 2 fully saturated rings. The van der Waals surface area contributed by atoms with Crippen molar-refractivity contribution >= 4 is 51.0 Å². The van der Waals surface area contributed by atoms with E-state index in [1.807, 2.05) is 43.9 Å². The molecule has 2 aliphatic heterocycles. The minimum atomic E-state index is -0.0513. The van der Waals surface area contributed by atoms with Gasteiger partial charge in [-0.1, -0.05) is 39.0 Å². The van der Waals surface area contributed by atoms with Gasteiger partial charge in [-0.3, -0.25) is 14.5 Å². The van der Waals surface area contributed by atoms with Crippen molar-refractivity contribution in [3.63, 3.8) is 0 Å². The molecule has 1 amide bonds. The number of nitrogens with two attached hydrogens (primary N) is 1. The molecule has 0 bridgehead atoms. The number of anilines is 2. The van der Waals surface area contributed by atoms with E-state index in [1.165, 1.54) is 11.1 Å². The second kappa shape index (κ2) is 13.3. The van der Waals surface area contributed by atoms with Crippen LogP contribution in [0.2, 0.25) is 0 Å². The van der Waals surface area contributed by atoms with Crippen LogP contribution < -0.4 is 10.6 Å². The summed E-state index contributed by atoms with van der Waals surface area (Å²) in [5.74, 6) is 1.49. The second-order valence-corrected chi connectivity index (χ2v) is 13.3. The molecular formula is C32H41N7O3S. The maximum Gasteiger partial charge on any atom is 0.223 e. The van der Waals surface area contributed by atoms with Gasteiger partial charge in [0.1, 0.15) is 0 Å². The zero-order chi connectivity index (χ0) is 30.6. The zero-order valence-corrected chi connectivity index (χ0v) is 26.1. The molecule has 10 nitrogen and oxygen atoms in total. The molecule has 4 heterocycles. The molecule has 43 heavy (non-hydrogen) atoms. The largest absolute Gasteiger partial charge is 0.398 e. The number of nitrogen functional groups attached to an aromatic ring is 1. The molecule has 3 N–H and O–H groups in total. The molecule has 11 heteroatoms. The number of nitrogens with one attached hydrogen (secondary N) is 1. The lowest BCUT2D eigenvalue weighted by Gasteiger charge is -2.34. The van der Waals surface area contributed by atoms with Crippen LogP contribution in [0.1, 0.15) is 44.1 Å². The minimum absolute atomic E-state index is 0.000778. The molecule has 5 rings (SSSR count). The van der Waals surface area contributed by atoms with Crippen LogP contribution in [-0.2, 0) is 20.9 Å². The van der Waals surface area contributed by atoms with E-state index in [0.717, 1.165) is 54.3 Å². The molecule has 0 radical (unpaired) electrons. The standard InChI is InChI=1S/C32H41N7O3S/c1-32(2,3)10-9-22(40)7-8-28(41)38-13-11-37(12-14-38)21-23-19-27-29(43-23)31(39-15-17-42-18-16-39)36-30(35-27)24-5-4-6-26(34)25(24)20-33/h4-6,9-10,19-20,33H,7-8,11-18,21,34H2,1-3H3/b10-9+,33-20?. The number of ketones is 1. The summed E-state index contributed by atoms with van der Waals surface area (Å²) in [5, 5.41) is 7.92. The van der Waals surface area contributed by atoms with Gasteiger partial charge in [-0.05, 0) is 23.6 Å². The van der Waals surface area contributed by atoms with Crippen molar-refractivity contribution in [1.29, 1.82) is 5.41 Å². The van der Waals surface area contributed by atoms with Crippen LogP contribution in [0.5, 0.6) is 0 Å². The molecular weight excluding hydrogens is 562 g/mol. The summed E-state index contributed by atoms with van der Waals surface area (Å²) in [6.07, 6.45) is 5.27. The quantitative estimate of drug-likeness (QED) is 0.210. The van der Waals surface area contributed by atoms with E-state index in [2.05, 4.69) is 15.9 Å². The Kier molecular flexibility index (Phi) is 9.53. The van der Waals surface area contributed by atoms with E-state index in [-0.39, 0.29) is 29.9 Å². The maximum absolute atomic E-state index is 12.8. The Labute approximate surface area is 257 Å². The van der Waals surface area contributed by atoms with Crippen molar-refractivity contribution in [2.24, 2.45) is 5.41 Å². The average molecular weight is 604 g/mol. The number of hydrogen-bond donors (Lipinski definition) is 2. The number of fused-ring (bicyclic) bond motifs is 1. The lowest BCUT2D eigenvalue weighted by atomic mass is 9.95. The number of thiophene rings is 1. The van der Waals surface area contributed by atoms with Crippen LogP contribution >= 0.6 is 11.3 Å². The molecule has 0 saturated carbocycles. The van der Waals surface area contributed by atoms with Gasteiger partial charge in [0.15, 0.2) is 17.4 Å². The fourth-order valence-corrected chi connectivity index (χ4v) is 6.44. The van der Waals surface area contributed by atoms with Crippen molar-refractivity contribution in [3.8, 4) is 11.4 Å². The third-order valence-electron chi connectivity index (χ3n) is 7.70. The summed E-state index contributed by atoms with van der Waals surface area (Å²) in [4.78, 5) is 42.6. The Balaban J connectivity index is 1.28. The Morgan fingerprint density at radius 3 is 2.51 bits per heavy atom. The third kappa shape index (κ3) is 7.65. The molecule has 2 aromatic heterocycles. The van der Waals surface area contributed by atoms with Gasteiger partial charge in [-0.15, -0.1) is 11.3 Å². The van der Waals surface area contributed by atoms with Crippen LogP contribution in [-0.4, -0.2) is 90.2 Å². The topological polar surface area (TPSA) is 129 Å². The van der Waals surface area contributed by atoms with E-state index < -0.39 is 0 Å². The summed E-state index contributed by atoms with van der Waals surface area (Å²) in [6.45, 7) is 12.6. The number of aromatic nitrogens is 2. The highest BCUT2D eigenvalue weighted by Crippen LogP contribution is 2.36. The molecule has 2 saturated heterocycles. The first-order chi connectivity index (χ1) is 20.6. The second-order valence-electron chi connectivity index (χ2n) is 12.2. The minimum Gasteiger partial charge on any atom is -0.398 e. The Morgan fingerprint density at radius 2 is 1.81 bits per heavy atom. The lowest BCUT2D eigenvalue weighted by Crippen LogP contribution is -2.48. The highest BCUT2D eigenvalue weighted by molar-refractivity contribution is 7.19. The first-order valence-electron chi connectivity index (χ1n) is 14.9. The normalized spacial score (nSPS) is 16.7. The number of allylic oxidation sites excluding steroid dienone is 2. The van der Waals surface area contributed by atoms with Gasteiger partial charge in [0.25, 0.3) is 0 Å². The van der Waals surface area contributed by atoms with Gasteiger partial charge in [0, 0.05) is 86.6 Å². The number of benzene rings is 1. The maximum atomic E-state index is 12.8. The van der Waals surface area contributed by atoms with Gasteiger partial charge in [-0.25, -0.2) is 9.97 Å². The number of hydrogen-bond acceptors (Lipinski definition) is 10. The molecule has 0 spiro atoms. The van der Waals surface area contributed by atoms with Crippen LogP contribution in [0.3, 0.4) is 0 Å². The predicted octanol–water partition coefficient (Wildman–Crippen LogP) is 4.37. The van der Waals surface area contributed by atoms with Gasteiger partial charge in [-0.2, -0.15) is 0 Å². The van der Waals surface area contributed by atoms with Gasteiger partial charge >= 0.3 is 0 Å². The number of amides is 1. The van der Waals surface area contributed by atoms with Crippen LogP contribution in [0, 0.1) is 10.8 Å². The third-order valence-corrected chi connectivity index (χ3v) is 8.80. The summed E-state index contributed by atoms with van der Waals surface area (Å²) in [6, 6.07) is 7.70. The van der Waals surface area contributed by atoms with E-state index in [0.29, 0.717) is 43.4 Å². The molecule has 0 atom stereocenters. The van der Waals surface area contributed by atoms with E-state index in [1.54, 1.807) is 23.5 Å². The van der Waals surface area contributed by atoms with Crippen molar-refractivity contribution in [3.05, 3.63) is 46.9 Å². The summed E-state index contributed by atoms with van der Waals surface area (Å²) in [5.41, 5.74) is 8.89. The highest BCUT2D eigenvalue weighted by Gasteiger charge is 2.24. The number of piperazine rings is 1. The average Bonchev–Trinajstić information content (AvgIpc) is 3.41. The summed E-state index contributed by atoms with van der Waals surface area (Å²) >= 11 is 1.71. The number of morpholine rings is 1. The number of ether oxygens (including phenoxy) is 1. The van der Waals surface area contributed by atoms with Gasteiger partial charge in [0.05, 0.1) is 23.4 Å². The van der Waals surface area contributed by atoms with Gasteiger partial charge in [0.2, 0.25) is 5.91 Å². The summed E-state index contributed by atoms with van der Waals surface area (Å²) < 4.78 is 6.64. The SMILES string of the molecule is CC(C)(C)/C=C/C(=O)CCC(=O)N1CCN(Cc2cc3nc(-c4cccc(N)c4C=N)nc(N4CCOCC4)c3s2)CC1. The van der Waals surface area contributed by atoms with E-state index in [9.17, 15) is 9.59 Å². The molecule has 3 aromatic rings. The smallest absolute Gasteiger partial charge is 0.223 e. The van der Waals surface area contributed by atoms with Crippen molar-refractivity contribution in [1.82, 2.24) is 19.8 Å². The molecule has 1 aromatic carbocycles. The van der Waals surface area contributed by atoms with E-state index in [4.69, 9.17) is 25.8 Å². The first kappa shape index (κ1) is 30.8. The Morgan fingerprint density at radius 1 is 1.07 bits per heavy atom. The molecule has 0 aliphatic carbocycles. The van der Waals surface area contributed by atoms with Crippen LogP contribution in [0.25, 0.3) is 21.6 Å². The Hall–Kier alpha value is -3.67. The highest BCUT2D eigenvalue weighted by atomic mass is 32.1. The predicted molar refractivity (Wildman–Crippen MR) is 173 cm³/mol. The molecule has 0 unspecified atom stereocenters.